The number of halogens is 1. The Bertz CT molecular complexity index is 808. The molecular weight excluding hydrogens is 324 g/mol. The summed E-state index contributed by atoms with van der Waals surface area (Å²) in [7, 11) is 0. The van der Waals surface area contributed by atoms with Crippen molar-refractivity contribution in [3.05, 3.63) is 95.6 Å². The van der Waals surface area contributed by atoms with E-state index in [4.69, 9.17) is 21.1 Å². The third-order valence-electron chi connectivity index (χ3n) is 4.07. The van der Waals surface area contributed by atoms with E-state index in [0.717, 1.165) is 11.1 Å². The predicted molar refractivity (Wildman–Crippen MR) is 92.2 cm³/mol. The highest BCUT2D eigenvalue weighted by Gasteiger charge is 2.46. The van der Waals surface area contributed by atoms with Gasteiger partial charge in [-0.15, -0.1) is 0 Å². The van der Waals surface area contributed by atoms with E-state index in [1.807, 2.05) is 66.7 Å². The molecule has 0 aromatic heterocycles. The molecule has 1 heterocycles. The van der Waals surface area contributed by atoms with Crippen LogP contribution in [0.3, 0.4) is 0 Å². The highest BCUT2D eigenvalue weighted by Crippen LogP contribution is 2.50. The van der Waals surface area contributed by atoms with E-state index in [1.54, 1.807) is 12.1 Å². The summed E-state index contributed by atoms with van der Waals surface area (Å²) in [6.07, 6.45) is 0. The highest BCUT2D eigenvalue weighted by molar-refractivity contribution is 6.19. The smallest absolute Gasteiger partial charge is 0.305 e. The summed E-state index contributed by atoms with van der Waals surface area (Å²) < 4.78 is 12.6. The zero-order valence-electron chi connectivity index (χ0n) is 12.7. The molecule has 1 atom stereocenters. The summed E-state index contributed by atoms with van der Waals surface area (Å²) in [5.74, 6) is -0.0835. The Morgan fingerprint density at radius 1 is 0.750 bits per heavy atom. The maximum atomic E-state index is 9.83. The number of hydrogen-bond donors (Lipinski definition) is 1. The molecule has 3 aromatic carbocycles. The Labute approximate surface area is 145 Å². The van der Waals surface area contributed by atoms with Crippen LogP contribution in [0.15, 0.2) is 78.9 Å². The monoisotopic (exact) mass is 338 g/mol. The van der Waals surface area contributed by atoms with Crippen molar-refractivity contribution in [1.29, 1.82) is 0 Å². The molecule has 0 fully saturated rings. The number of rotatable bonds is 3. The number of hydrogen-bond acceptors (Lipinski definition) is 3. The lowest BCUT2D eigenvalue weighted by Crippen LogP contribution is -2.36. The maximum absolute atomic E-state index is 9.83. The van der Waals surface area contributed by atoms with Crippen LogP contribution < -0.4 is 9.47 Å². The van der Waals surface area contributed by atoms with E-state index >= 15 is 0 Å². The molecule has 1 N–H and O–H groups in total. The first-order valence-corrected chi connectivity index (χ1v) is 8.08. The van der Waals surface area contributed by atoms with Gasteiger partial charge in [-0.2, -0.15) is 0 Å². The van der Waals surface area contributed by atoms with Crippen molar-refractivity contribution in [3.8, 4) is 11.5 Å². The summed E-state index contributed by atoms with van der Waals surface area (Å²) in [4.78, 5) is 0. The number of aliphatic hydroxyl groups is 1. The van der Waals surface area contributed by atoms with Crippen LogP contribution in [0.1, 0.15) is 22.3 Å². The van der Waals surface area contributed by atoms with E-state index in [1.165, 1.54) is 0 Å². The lowest BCUT2D eigenvalue weighted by atomic mass is 9.97. The number of ether oxygens (including phenoxy) is 2. The Morgan fingerprint density at radius 2 is 1.33 bits per heavy atom. The van der Waals surface area contributed by atoms with Gasteiger partial charge in [0.2, 0.25) is 0 Å². The Hall–Kier alpha value is -2.49. The van der Waals surface area contributed by atoms with Crippen LogP contribution in [0.25, 0.3) is 0 Å². The van der Waals surface area contributed by atoms with Crippen LogP contribution in [0.4, 0.5) is 0 Å². The van der Waals surface area contributed by atoms with Gasteiger partial charge in [-0.05, 0) is 6.07 Å². The molecule has 4 rings (SSSR count). The fourth-order valence-corrected chi connectivity index (χ4v) is 3.12. The van der Waals surface area contributed by atoms with Crippen LogP contribution in [0.2, 0.25) is 0 Å². The first-order chi connectivity index (χ1) is 11.7. The number of alkyl halides is 1. The lowest BCUT2D eigenvalue weighted by Gasteiger charge is -2.28. The average Bonchev–Trinajstić information content (AvgIpc) is 3.04. The first-order valence-electron chi connectivity index (χ1n) is 7.65. The fraction of sp³-hybridized carbons (Fsp3) is 0.100. The molecule has 0 radical (unpaired) electrons. The van der Waals surface area contributed by atoms with Crippen molar-refractivity contribution in [2.45, 2.75) is 11.4 Å². The average molecular weight is 339 g/mol. The molecule has 3 nitrogen and oxygen atoms in total. The SMILES string of the molecule is OC(Cl)c1cccc2c1OC(c1ccccc1)(c1ccccc1)O2. The first kappa shape index (κ1) is 15.1. The molecule has 0 bridgehead atoms. The molecule has 0 aliphatic carbocycles. The Kier molecular flexibility index (Phi) is 3.68. The summed E-state index contributed by atoms with van der Waals surface area (Å²) in [5, 5.41) is 9.83. The quantitative estimate of drug-likeness (QED) is 0.710. The van der Waals surface area contributed by atoms with Crippen LogP contribution in [-0.2, 0) is 5.79 Å². The lowest BCUT2D eigenvalue weighted by molar-refractivity contribution is -0.0465. The molecule has 120 valence electrons. The van der Waals surface area contributed by atoms with Gasteiger partial charge in [-0.1, -0.05) is 84.4 Å². The van der Waals surface area contributed by atoms with Crippen molar-refractivity contribution < 1.29 is 14.6 Å². The summed E-state index contributed by atoms with van der Waals surface area (Å²) >= 11 is 5.89. The van der Waals surface area contributed by atoms with Gasteiger partial charge in [-0.3, -0.25) is 0 Å². The van der Waals surface area contributed by atoms with E-state index in [9.17, 15) is 5.11 Å². The topological polar surface area (TPSA) is 38.7 Å². The molecule has 1 aliphatic rings. The van der Waals surface area contributed by atoms with Crippen LogP contribution >= 0.6 is 11.6 Å². The second kappa shape index (κ2) is 5.86. The van der Waals surface area contributed by atoms with Gasteiger partial charge in [0.15, 0.2) is 17.1 Å². The Balaban J connectivity index is 1.90. The van der Waals surface area contributed by atoms with Gasteiger partial charge in [0.05, 0.1) is 0 Å². The van der Waals surface area contributed by atoms with Crippen molar-refractivity contribution in [2.75, 3.05) is 0 Å². The predicted octanol–water partition coefficient (Wildman–Crippen LogP) is 4.59. The zero-order valence-corrected chi connectivity index (χ0v) is 13.5. The zero-order chi connectivity index (χ0) is 16.6. The van der Waals surface area contributed by atoms with Crippen molar-refractivity contribution in [2.24, 2.45) is 0 Å². The van der Waals surface area contributed by atoms with Crippen LogP contribution in [0.5, 0.6) is 11.5 Å². The third kappa shape index (κ3) is 2.33. The molecule has 24 heavy (non-hydrogen) atoms. The summed E-state index contributed by atoms with van der Waals surface area (Å²) in [6.45, 7) is 0. The van der Waals surface area contributed by atoms with Crippen molar-refractivity contribution >= 4 is 11.6 Å². The second-order valence-corrected chi connectivity index (χ2v) is 5.98. The minimum absolute atomic E-state index is 0.465. The van der Waals surface area contributed by atoms with Crippen molar-refractivity contribution in [3.63, 3.8) is 0 Å². The number of benzene rings is 3. The normalized spacial score (nSPS) is 15.9. The van der Waals surface area contributed by atoms with Gasteiger partial charge in [0.25, 0.3) is 0 Å². The largest absolute Gasteiger partial charge is 0.440 e. The van der Waals surface area contributed by atoms with Crippen LogP contribution in [-0.4, -0.2) is 5.11 Å². The van der Waals surface area contributed by atoms with E-state index in [2.05, 4.69) is 0 Å². The Morgan fingerprint density at radius 3 is 1.88 bits per heavy atom. The van der Waals surface area contributed by atoms with Gasteiger partial charge < -0.3 is 14.6 Å². The third-order valence-corrected chi connectivity index (χ3v) is 4.31. The highest BCUT2D eigenvalue weighted by atomic mass is 35.5. The minimum atomic E-state index is -1.16. The molecule has 3 aromatic rings. The van der Waals surface area contributed by atoms with Crippen LogP contribution in [0, 0.1) is 0 Å². The van der Waals surface area contributed by atoms with Gasteiger partial charge in [0.1, 0.15) is 0 Å². The number of aliphatic hydroxyl groups excluding tert-OH is 1. The maximum Gasteiger partial charge on any atom is 0.305 e. The van der Waals surface area contributed by atoms with Crippen molar-refractivity contribution in [1.82, 2.24) is 0 Å². The molecule has 0 saturated carbocycles. The second-order valence-electron chi connectivity index (χ2n) is 5.56. The summed E-state index contributed by atoms with van der Waals surface area (Å²) in [6, 6.07) is 24.8. The fourth-order valence-electron chi connectivity index (χ4n) is 2.95. The minimum Gasteiger partial charge on any atom is -0.440 e. The molecule has 0 spiro atoms. The van der Waals surface area contributed by atoms with Gasteiger partial charge in [0, 0.05) is 16.7 Å². The molecule has 1 unspecified atom stereocenters. The molecular formula is C20H15ClO3. The van der Waals surface area contributed by atoms with E-state index in [0.29, 0.717) is 17.1 Å². The van der Waals surface area contributed by atoms with E-state index in [-0.39, 0.29) is 0 Å². The summed E-state index contributed by atoms with van der Waals surface area (Å²) in [5.41, 5.74) is 1.05. The standard InChI is InChI=1S/C20H15ClO3/c21-19(22)16-12-7-13-17-18(16)24-20(23-17,14-8-3-1-4-9-14)15-10-5-2-6-11-15/h1-13,19,22H. The number of fused-ring (bicyclic) bond motifs is 1. The molecule has 1 aliphatic heterocycles. The molecule has 0 saturated heterocycles. The van der Waals surface area contributed by atoms with Gasteiger partial charge >= 0.3 is 5.79 Å². The molecule has 0 amide bonds. The molecule has 4 heteroatoms. The number of para-hydroxylation sites is 1. The van der Waals surface area contributed by atoms with Gasteiger partial charge in [-0.25, -0.2) is 0 Å². The van der Waals surface area contributed by atoms with E-state index < -0.39 is 11.4 Å².